The summed E-state index contributed by atoms with van der Waals surface area (Å²) in [5.74, 6) is -1.06. The molecule has 1 aromatic rings. The Balaban J connectivity index is 2.09. The van der Waals surface area contributed by atoms with Crippen molar-refractivity contribution in [3.63, 3.8) is 0 Å². The number of aryl methyl sites for hydroxylation is 3. The highest BCUT2D eigenvalue weighted by atomic mass is 16.6. The van der Waals surface area contributed by atoms with Crippen LogP contribution in [0.15, 0.2) is 12.1 Å². The fourth-order valence-electron chi connectivity index (χ4n) is 3.99. The molecule has 1 saturated heterocycles. The smallest absolute Gasteiger partial charge is 0.322 e. The Morgan fingerprint density at radius 2 is 1.86 bits per heavy atom. The van der Waals surface area contributed by atoms with Crippen LogP contribution in [0.3, 0.4) is 0 Å². The highest BCUT2D eigenvalue weighted by Gasteiger charge is 2.57. The van der Waals surface area contributed by atoms with Crippen molar-refractivity contribution in [2.24, 2.45) is 0 Å². The van der Waals surface area contributed by atoms with Gasteiger partial charge in [-0.2, -0.15) is 0 Å². The number of carbonyl (C=O) groups is 2. The Morgan fingerprint density at radius 3 is 2.48 bits per heavy atom. The first kappa shape index (κ1) is 14.3. The van der Waals surface area contributed by atoms with Crippen molar-refractivity contribution in [1.29, 1.82) is 0 Å². The highest BCUT2D eigenvalue weighted by molar-refractivity contribution is 6.14. The molecule has 1 unspecified atom stereocenters. The second kappa shape index (κ2) is 4.97. The molecule has 3 heteroatoms. The van der Waals surface area contributed by atoms with Gasteiger partial charge in [0.25, 0.3) is 0 Å². The monoisotopic (exact) mass is 286 g/mol. The van der Waals surface area contributed by atoms with Crippen molar-refractivity contribution < 1.29 is 14.3 Å². The maximum absolute atomic E-state index is 12.9. The molecule has 3 rings (SSSR count). The molecule has 1 spiro atoms. The second-order valence-electron chi connectivity index (χ2n) is 6.43. The van der Waals surface area contributed by atoms with Crippen molar-refractivity contribution in [3.05, 3.63) is 34.4 Å². The number of benzene rings is 1. The zero-order chi connectivity index (χ0) is 15.2. The summed E-state index contributed by atoms with van der Waals surface area (Å²) >= 11 is 0. The van der Waals surface area contributed by atoms with Crippen molar-refractivity contribution in [2.75, 3.05) is 0 Å². The van der Waals surface area contributed by atoms with Crippen LogP contribution in [0, 0.1) is 13.8 Å². The highest BCUT2D eigenvalue weighted by Crippen LogP contribution is 2.45. The van der Waals surface area contributed by atoms with Crippen molar-refractivity contribution in [1.82, 2.24) is 0 Å². The topological polar surface area (TPSA) is 43.4 Å². The number of Topliss-reactive ketones (excluding diaryl/α,β-unsaturated/α-hetero) is 1. The Kier molecular flexibility index (Phi) is 3.39. The third-order valence-corrected chi connectivity index (χ3v) is 4.94. The molecule has 1 atom stereocenters. The lowest BCUT2D eigenvalue weighted by atomic mass is 9.81. The van der Waals surface area contributed by atoms with E-state index >= 15 is 0 Å². The molecule has 2 aliphatic rings. The van der Waals surface area contributed by atoms with E-state index in [0.717, 1.165) is 36.0 Å². The maximum atomic E-state index is 12.9. The van der Waals surface area contributed by atoms with E-state index in [1.807, 2.05) is 13.8 Å². The molecule has 2 fully saturated rings. The van der Waals surface area contributed by atoms with E-state index in [1.54, 1.807) is 0 Å². The first-order chi connectivity index (χ1) is 9.98. The zero-order valence-electron chi connectivity index (χ0n) is 13.0. The van der Waals surface area contributed by atoms with E-state index in [-0.39, 0.29) is 11.8 Å². The Morgan fingerprint density at radius 1 is 1.19 bits per heavy atom. The molecular weight excluding hydrogens is 264 g/mol. The number of rotatable bonds is 2. The Labute approximate surface area is 125 Å². The largest absolute Gasteiger partial charge is 0.450 e. The van der Waals surface area contributed by atoms with Gasteiger partial charge in [0.1, 0.15) is 5.92 Å². The molecule has 1 heterocycles. The fraction of sp³-hybridized carbons (Fsp3) is 0.556. The molecule has 1 saturated carbocycles. The first-order valence-corrected chi connectivity index (χ1v) is 7.85. The van der Waals surface area contributed by atoms with E-state index in [0.29, 0.717) is 12.8 Å². The lowest BCUT2D eigenvalue weighted by Gasteiger charge is -2.19. The van der Waals surface area contributed by atoms with E-state index in [4.69, 9.17) is 4.74 Å². The number of ether oxygens (including phenoxy) is 1. The van der Waals surface area contributed by atoms with E-state index in [9.17, 15) is 9.59 Å². The van der Waals surface area contributed by atoms with Gasteiger partial charge in [-0.25, -0.2) is 0 Å². The molecule has 0 bridgehead atoms. The summed E-state index contributed by atoms with van der Waals surface area (Å²) in [6.07, 6.45) is 4.15. The fourth-order valence-corrected chi connectivity index (χ4v) is 3.99. The molecule has 1 aliphatic heterocycles. The van der Waals surface area contributed by atoms with Crippen LogP contribution in [0.25, 0.3) is 0 Å². The SMILES string of the molecule is CCc1cc(C)cc(C)c1C1C(=O)OC2(CCCC2)C1=O. The van der Waals surface area contributed by atoms with Gasteiger partial charge in [-0.15, -0.1) is 0 Å². The van der Waals surface area contributed by atoms with Gasteiger partial charge in [-0.3, -0.25) is 9.59 Å². The van der Waals surface area contributed by atoms with Gasteiger partial charge in [0.15, 0.2) is 11.4 Å². The van der Waals surface area contributed by atoms with Crippen molar-refractivity contribution in [3.8, 4) is 0 Å². The summed E-state index contributed by atoms with van der Waals surface area (Å²) in [7, 11) is 0. The summed E-state index contributed by atoms with van der Waals surface area (Å²) in [5.41, 5.74) is 3.36. The minimum atomic E-state index is -0.815. The van der Waals surface area contributed by atoms with Crippen LogP contribution in [0.5, 0.6) is 0 Å². The van der Waals surface area contributed by atoms with E-state index in [2.05, 4.69) is 19.1 Å². The summed E-state index contributed by atoms with van der Waals surface area (Å²) in [6, 6.07) is 4.14. The molecule has 0 radical (unpaired) electrons. The van der Waals surface area contributed by atoms with Crippen molar-refractivity contribution >= 4 is 11.8 Å². The third-order valence-electron chi connectivity index (χ3n) is 4.94. The summed E-state index contributed by atoms with van der Waals surface area (Å²) in [5, 5.41) is 0. The van der Waals surface area contributed by atoms with Gasteiger partial charge in [-0.1, -0.05) is 24.6 Å². The van der Waals surface area contributed by atoms with Crippen LogP contribution in [-0.4, -0.2) is 17.4 Å². The molecule has 21 heavy (non-hydrogen) atoms. The molecule has 3 nitrogen and oxygen atoms in total. The minimum Gasteiger partial charge on any atom is -0.450 e. The van der Waals surface area contributed by atoms with E-state index in [1.165, 1.54) is 5.56 Å². The minimum absolute atomic E-state index is 0.00773. The molecule has 1 aromatic carbocycles. The standard InChI is InChI=1S/C18H22O3/c1-4-13-10-11(2)9-12(3)14(13)15-16(19)18(21-17(15)20)7-5-6-8-18/h9-10,15H,4-8H2,1-3H3. The predicted molar refractivity (Wildman–Crippen MR) is 80.3 cm³/mol. The first-order valence-electron chi connectivity index (χ1n) is 7.85. The van der Waals surface area contributed by atoms with Gasteiger partial charge in [0.05, 0.1) is 0 Å². The molecule has 0 aromatic heterocycles. The van der Waals surface area contributed by atoms with Crippen LogP contribution in [0.4, 0.5) is 0 Å². The third kappa shape index (κ3) is 2.10. The Bertz CT molecular complexity index is 609. The average Bonchev–Trinajstić information content (AvgIpc) is 2.98. The molecule has 0 N–H and O–H groups in total. The van der Waals surface area contributed by atoms with Crippen LogP contribution in [0.1, 0.15) is 60.8 Å². The van der Waals surface area contributed by atoms with Crippen molar-refractivity contribution in [2.45, 2.75) is 64.4 Å². The summed E-state index contributed by atoms with van der Waals surface area (Å²) in [6.45, 7) is 6.10. The lowest BCUT2D eigenvalue weighted by Crippen LogP contribution is -2.33. The van der Waals surface area contributed by atoms with Crippen LogP contribution in [0.2, 0.25) is 0 Å². The van der Waals surface area contributed by atoms with Gasteiger partial charge in [0.2, 0.25) is 0 Å². The lowest BCUT2D eigenvalue weighted by molar-refractivity contribution is -0.151. The van der Waals surface area contributed by atoms with Gasteiger partial charge < -0.3 is 4.74 Å². The zero-order valence-corrected chi connectivity index (χ0v) is 13.0. The number of carbonyl (C=O) groups excluding carboxylic acids is 2. The number of hydrogen-bond donors (Lipinski definition) is 0. The van der Waals surface area contributed by atoms with Crippen LogP contribution in [-0.2, 0) is 20.7 Å². The summed E-state index contributed by atoms with van der Waals surface area (Å²) in [4.78, 5) is 25.3. The van der Waals surface area contributed by atoms with Crippen LogP contribution < -0.4 is 0 Å². The predicted octanol–water partition coefficient (Wildman–Crippen LogP) is 3.39. The molecular formula is C18H22O3. The van der Waals surface area contributed by atoms with Crippen LogP contribution >= 0.6 is 0 Å². The normalized spacial score (nSPS) is 23.9. The van der Waals surface area contributed by atoms with Gasteiger partial charge in [-0.05, 0) is 62.6 Å². The molecule has 112 valence electrons. The average molecular weight is 286 g/mol. The van der Waals surface area contributed by atoms with E-state index < -0.39 is 11.5 Å². The number of hydrogen-bond acceptors (Lipinski definition) is 3. The Hall–Kier alpha value is -1.64. The quantitative estimate of drug-likeness (QED) is 0.618. The second-order valence-corrected chi connectivity index (χ2v) is 6.43. The van der Waals surface area contributed by atoms with Gasteiger partial charge >= 0.3 is 5.97 Å². The maximum Gasteiger partial charge on any atom is 0.322 e. The summed E-state index contributed by atoms with van der Waals surface area (Å²) < 4.78 is 5.59. The number of esters is 1. The molecule has 1 aliphatic carbocycles. The molecule has 0 amide bonds. The number of ketones is 1. The van der Waals surface area contributed by atoms with Gasteiger partial charge in [0, 0.05) is 0 Å².